The fourth-order valence-corrected chi connectivity index (χ4v) is 4.18. The van der Waals surface area contributed by atoms with Gasteiger partial charge in [0.1, 0.15) is 23.7 Å². The lowest BCUT2D eigenvalue weighted by Gasteiger charge is -2.13. The van der Waals surface area contributed by atoms with Crippen molar-refractivity contribution in [3.8, 4) is 17.1 Å². The zero-order chi connectivity index (χ0) is 32.2. The highest BCUT2D eigenvalue weighted by Gasteiger charge is 2.14. The Morgan fingerprint density at radius 2 is 1.80 bits per heavy atom. The molecule has 0 spiro atoms. The summed E-state index contributed by atoms with van der Waals surface area (Å²) >= 11 is 0. The maximum absolute atomic E-state index is 12.5. The van der Waals surface area contributed by atoms with Gasteiger partial charge in [0.05, 0.1) is 23.7 Å². The smallest absolute Gasteiger partial charge is 0.256 e. The van der Waals surface area contributed by atoms with Crippen molar-refractivity contribution in [3.05, 3.63) is 79.0 Å². The van der Waals surface area contributed by atoms with E-state index >= 15 is 0 Å². The summed E-state index contributed by atoms with van der Waals surface area (Å²) in [5, 5.41) is 5.87. The predicted molar refractivity (Wildman–Crippen MR) is 188 cm³/mol. The molecule has 0 bridgehead atoms. The number of nitrogens with one attached hydrogen (secondary N) is 3. The number of hydrogen-bond acceptors (Lipinski definition) is 6. The lowest BCUT2D eigenvalue weighted by atomic mass is 9.93. The molecule has 0 aliphatic heterocycles. The minimum absolute atomic E-state index is 0. The van der Waals surface area contributed by atoms with Crippen molar-refractivity contribution in [2.75, 3.05) is 24.8 Å². The summed E-state index contributed by atoms with van der Waals surface area (Å²) in [7, 11) is 3.48. The molecule has 8 nitrogen and oxygen atoms in total. The first-order valence-corrected chi connectivity index (χ1v) is 14.9. The molecule has 0 saturated heterocycles. The average molecular weight is 604 g/mol. The number of benzene rings is 2. The van der Waals surface area contributed by atoms with Gasteiger partial charge in [0.25, 0.3) is 5.91 Å². The minimum atomic E-state index is -0.229. The number of imidazole rings is 1. The van der Waals surface area contributed by atoms with Gasteiger partial charge in [-0.25, -0.2) is 9.97 Å². The number of aromatic nitrogens is 3. The van der Waals surface area contributed by atoms with Gasteiger partial charge < -0.3 is 25.1 Å². The summed E-state index contributed by atoms with van der Waals surface area (Å²) in [6.45, 7) is 16.1. The molecule has 8 heteroatoms. The number of ether oxygens (including phenoxy) is 1. The topological polar surface area (TPSA) is 109 Å². The van der Waals surface area contributed by atoms with Crippen molar-refractivity contribution in [1.82, 2.24) is 15.0 Å². The third-order valence-electron chi connectivity index (χ3n) is 6.47. The molecule has 3 N–H and O–H groups in total. The predicted octanol–water partition coefficient (Wildman–Crippen LogP) is 9.43. The summed E-state index contributed by atoms with van der Waals surface area (Å²) in [6, 6.07) is 16.5. The molecule has 4 rings (SSSR count). The molecule has 2 aromatic heterocycles. The molecule has 0 aliphatic rings. The number of methoxy groups -OCH3 is 1. The quantitative estimate of drug-likeness (QED) is 0.123. The normalized spacial score (nSPS) is 10.9. The number of nitrogens with zero attached hydrogens (tertiary/aromatic N) is 2. The van der Waals surface area contributed by atoms with E-state index in [2.05, 4.69) is 52.9 Å². The Balaban J connectivity index is 0.000000978. The number of H-pyrrole nitrogens is 1. The molecular weight excluding hydrogens is 550 g/mol. The summed E-state index contributed by atoms with van der Waals surface area (Å²) < 4.78 is 5.50. The Bertz CT molecular complexity index is 1390. The molecule has 4 aromatic rings. The number of rotatable bonds is 10. The largest absolute Gasteiger partial charge is 0.496 e. The summed E-state index contributed by atoms with van der Waals surface area (Å²) in [6.07, 6.45) is 8.23. The highest BCUT2D eigenvalue weighted by atomic mass is 16.5. The average Bonchev–Trinajstić information content (AvgIpc) is 3.46. The molecule has 2 unspecified atom stereocenters. The number of amides is 1. The van der Waals surface area contributed by atoms with Gasteiger partial charge in [0, 0.05) is 30.6 Å². The van der Waals surface area contributed by atoms with Gasteiger partial charge in [0.15, 0.2) is 0 Å². The molecule has 0 aliphatic carbocycles. The third kappa shape index (κ3) is 12.8. The van der Waals surface area contributed by atoms with Crippen LogP contribution in [0.4, 0.5) is 11.5 Å². The van der Waals surface area contributed by atoms with E-state index in [0.29, 0.717) is 23.0 Å². The summed E-state index contributed by atoms with van der Waals surface area (Å²) in [5.74, 6) is 3.37. The van der Waals surface area contributed by atoms with Crippen molar-refractivity contribution in [2.24, 2.45) is 11.8 Å². The number of aromatic amines is 1. The van der Waals surface area contributed by atoms with Gasteiger partial charge in [-0.3, -0.25) is 4.79 Å². The van der Waals surface area contributed by atoms with E-state index in [0.717, 1.165) is 40.4 Å². The SMILES string of the molecule is C.C=CCC(C)CC(C)CC.CC.CC=O.CNc1ccc(-c2nc3ccc(C(=O)Nc4ccccn4)cc3[nH]2)c(OC)c1. The standard InChI is InChI=1S/C21H19N5O2.C10H20.C2H4O.C2H6.CH4/c1-22-14-7-8-15(18(12-14)28-2)20-24-16-9-6-13(11-17(16)25-20)21(27)26-19-5-3-4-10-23-19;1-5-7-10(4)8-9(3)6-2;1-2-3;1-2;/h3-12,22H,1-2H3,(H,24,25)(H,23,26,27);5,9-10H,1,6-8H2,2-4H3;2H,1H3;1-2H3;1H4. The second-order valence-electron chi connectivity index (χ2n) is 9.77. The van der Waals surface area contributed by atoms with Crippen LogP contribution < -0.4 is 15.4 Å². The first kappa shape index (κ1) is 39.5. The van der Waals surface area contributed by atoms with Gasteiger partial charge in [-0.1, -0.05) is 60.6 Å². The fraction of sp³-hybridized carbons (Fsp3) is 0.389. The second-order valence-corrected chi connectivity index (χ2v) is 9.77. The van der Waals surface area contributed by atoms with Crippen LogP contribution >= 0.6 is 0 Å². The number of carbonyl (C=O) groups excluding carboxylic acids is 2. The highest BCUT2D eigenvalue weighted by Crippen LogP contribution is 2.32. The number of aldehydes is 1. The Kier molecular flexibility index (Phi) is 19.9. The number of pyridine rings is 1. The lowest BCUT2D eigenvalue weighted by molar-refractivity contribution is -0.106. The third-order valence-corrected chi connectivity index (χ3v) is 6.47. The molecule has 240 valence electrons. The minimum Gasteiger partial charge on any atom is -0.496 e. The molecule has 2 heterocycles. The van der Waals surface area contributed by atoms with Crippen LogP contribution in [0.25, 0.3) is 22.4 Å². The Morgan fingerprint density at radius 3 is 2.36 bits per heavy atom. The van der Waals surface area contributed by atoms with Crippen molar-refractivity contribution in [3.63, 3.8) is 0 Å². The van der Waals surface area contributed by atoms with Crippen LogP contribution in [0.3, 0.4) is 0 Å². The van der Waals surface area contributed by atoms with Crippen LogP contribution in [0.2, 0.25) is 0 Å². The number of carbonyl (C=O) groups is 2. The van der Waals surface area contributed by atoms with Crippen molar-refractivity contribution in [1.29, 1.82) is 0 Å². The molecular formula is C36H53N5O3. The zero-order valence-corrected chi connectivity index (χ0v) is 27.0. The number of fused-ring (bicyclic) bond motifs is 1. The maximum atomic E-state index is 12.5. The van der Waals surface area contributed by atoms with E-state index < -0.39 is 0 Å². The van der Waals surface area contributed by atoms with E-state index in [1.807, 2.05) is 57.3 Å². The Morgan fingerprint density at radius 1 is 1.09 bits per heavy atom. The summed E-state index contributed by atoms with van der Waals surface area (Å²) in [4.78, 5) is 33.3. The van der Waals surface area contributed by atoms with Crippen LogP contribution in [0, 0.1) is 11.8 Å². The van der Waals surface area contributed by atoms with Crippen molar-refractivity contribution < 1.29 is 14.3 Å². The van der Waals surface area contributed by atoms with Gasteiger partial charge in [-0.05, 0) is 74.1 Å². The molecule has 2 aromatic carbocycles. The monoisotopic (exact) mass is 603 g/mol. The first-order chi connectivity index (χ1) is 20.8. The van der Waals surface area contributed by atoms with E-state index in [1.165, 1.54) is 26.2 Å². The van der Waals surface area contributed by atoms with Crippen LogP contribution in [-0.2, 0) is 4.79 Å². The number of allylic oxidation sites excluding steroid dienone is 1. The molecule has 0 radical (unpaired) electrons. The van der Waals surface area contributed by atoms with E-state index in [-0.39, 0.29) is 13.3 Å². The van der Waals surface area contributed by atoms with Crippen molar-refractivity contribution in [2.45, 2.75) is 68.2 Å². The maximum Gasteiger partial charge on any atom is 0.256 e. The van der Waals surface area contributed by atoms with Gasteiger partial charge in [0.2, 0.25) is 0 Å². The molecule has 44 heavy (non-hydrogen) atoms. The Hall–Kier alpha value is -4.46. The van der Waals surface area contributed by atoms with E-state index in [9.17, 15) is 4.79 Å². The molecule has 0 fully saturated rings. The summed E-state index contributed by atoms with van der Waals surface area (Å²) in [5.41, 5.74) is 3.85. The molecule has 0 saturated carbocycles. The van der Waals surface area contributed by atoms with Crippen LogP contribution in [-0.4, -0.2) is 41.3 Å². The van der Waals surface area contributed by atoms with Gasteiger partial charge in [-0.2, -0.15) is 0 Å². The van der Waals surface area contributed by atoms with Crippen LogP contribution in [0.5, 0.6) is 5.75 Å². The van der Waals surface area contributed by atoms with E-state index in [4.69, 9.17) is 9.53 Å². The zero-order valence-electron chi connectivity index (χ0n) is 27.0. The number of hydrogen-bond donors (Lipinski definition) is 3. The fourth-order valence-electron chi connectivity index (χ4n) is 4.18. The van der Waals surface area contributed by atoms with Gasteiger partial charge >= 0.3 is 0 Å². The lowest BCUT2D eigenvalue weighted by Crippen LogP contribution is -2.12. The van der Waals surface area contributed by atoms with E-state index in [1.54, 1.807) is 37.6 Å². The van der Waals surface area contributed by atoms with Gasteiger partial charge in [-0.15, -0.1) is 6.58 Å². The molecule has 2 atom stereocenters. The molecule has 1 amide bonds. The number of anilines is 2. The highest BCUT2D eigenvalue weighted by molar-refractivity contribution is 6.05. The van der Waals surface area contributed by atoms with Crippen LogP contribution in [0.15, 0.2) is 73.4 Å². The Labute approximate surface area is 264 Å². The first-order valence-electron chi connectivity index (χ1n) is 14.9. The second kappa shape index (κ2) is 22.1. The van der Waals surface area contributed by atoms with Crippen LogP contribution in [0.1, 0.15) is 78.6 Å². The van der Waals surface area contributed by atoms with Crippen molar-refractivity contribution >= 4 is 34.7 Å².